The monoisotopic (exact) mass is 494 g/mol. The van der Waals surface area contributed by atoms with Crippen LogP contribution in [0.1, 0.15) is 29.4 Å². The molecular weight excluding hydrogens is 477 g/mol. The minimum absolute atomic E-state index is 0.0198. The van der Waals surface area contributed by atoms with Gasteiger partial charge >= 0.3 is 11.9 Å². The summed E-state index contributed by atoms with van der Waals surface area (Å²) in [6.07, 6.45) is 0.691. The number of nitrogens with one attached hydrogen (secondary N) is 2. The van der Waals surface area contributed by atoms with Gasteiger partial charge in [-0.2, -0.15) is 18.3 Å². The van der Waals surface area contributed by atoms with E-state index in [1.165, 1.54) is 12.3 Å². The Balaban J connectivity index is 1.42. The molecule has 36 heavy (non-hydrogen) atoms. The van der Waals surface area contributed by atoms with E-state index in [9.17, 15) is 27.6 Å². The predicted octanol–water partition coefficient (Wildman–Crippen LogP) is 2.92. The largest absolute Gasteiger partial charge is 0.406 e. The molecule has 1 aliphatic rings. The molecule has 0 amide bonds. The highest BCUT2D eigenvalue weighted by Gasteiger charge is 2.41. The van der Waals surface area contributed by atoms with Crippen LogP contribution in [0.15, 0.2) is 69.4 Å². The van der Waals surface area contributed by atoms with Crippen LogP contribution in [-0.4, -0.2) is 35.3 Å². The first-order chi connectivity index (χ1) is 17.2. The van der Waals surface area contributed by atoms with E-state index >= 15 is 0 Å². The fraction of sp³-hybridized carbons (Fsp3) is 0.208. The van der Waals surface area contributed by atoms with Crippen LogP contribution in [0, 0.1) is 0 Å². The van der Waals surface area contributed by atoms with Gasteiger partial charge in [0.15, 0.2) is 5.65 Å². The predicted molar refractivity (Wildman–Crippen MR) is 124 cm³/mol. The summed E-state index contributed by atoms with van der Waals surface area (Å²) in [5.74, 6) is -0.0453. The molecule has 6 rings (SSSR count). The normalized spacial score (nSPS) is 17.6. The molecule has 182 valence electrons. The number of aromatic nitrogens is 6. The molecule has 0 bridgehead atoms. The van der Waals surface area contributed by atoms with Gasteiger partial charge in [-0.1, -0.05) is 12.1 Å². The van der Waals surface area contributed by atoms with Crippen LogP contribution in [0.25, 0.3) is 27.8 Å². The minimum Gasteiger partial charge on any atom is -0.313 e. The van der Waals surface area contributed by atoms with Gasteiger partial charge < -0.3 is 4.98 Å². The van der Waals surface area contributed by atoms with Gasteiger partial charge in [0.2, 0.25) is 0 Å². The van der Waals surface area contributed by atoms with Crippen LogP contribution in [0.4, 0.5) is 13.2 Å². The number of imidazole rings is 1. The Kier molecular flexibility index (Phi) is 4.75. The van der Waals surface area contributed by atoms with Crippen LogP contribution in [-0.2, 0) is 6.54 Å². The molecule has 5 aromatic rings. The van der Waals surface area contributed by atoms with Crippen molar-refractivity contribution in [1.29, 1.82) is 0 Å². The highest BCUT2D eigenvalue weighted by molar-refractivity contribution is 5.80. The second kappa shape index (κ2) is 7.77. The first-order valence-electron chi connectivity index (χ1n) is 11.0. The smallest absolute Gasteiger partial charge is 0.313 e. The number of rotatable bonds is 4. The Bertz CT molecular complexity index is 1830. The third-order valence-electron chi connectivity index (χ3n) is 6.46. The summed E-state index contributed by atoms with van der Waals surface area (Å²) in [5, 5.41) is 4.97. The first kappa shape index (κ1) is 22.0. The molecule has 0 radical (unpaired) electrons. The Labute approximate surface area is 198 Å². The molecule has 9 nitrogen and oxygen atoms in total. The van der Waals surface area contributed by atoms with E-state index in [4.69, 9.17) is 0 Å². The molecule has 12 heteroatoms. The molecule has 4 heterocycles. The van der Waals surface area contributed by atoms with Crippen LogP contribution in [0.5, 0.6) is 0 Å². The van der Waals surface area contributed by atoms with Crippen molar-refractivity contribution in [2.75, 3.05) is 0 Å². The molecule has 0 spiro atoms. The van der Waals surface area contributed by atoms with Crippen molar-refractivity contribution >= 4 is 16.6 Å². The highest BCUT2D eigenvalue weighted by Crippen LogP contribution is 2.55. The molecule has 2 atom stereocenters. The van der Waals surface area contributed by atoms with Crippen molar-refractivity contribution in [2.45, 2.75) is 31.0 Å². The van der Waals surface area contributed by atoms with Crippen molar-refractivity contribution in [3.05, 3.63) is 97.3 Å². The summed E-state index contributed by atoms with van der Waals surface area (Å²) in [7, 11) is 0. The number of hydrogen-bond acceptors (Lipinski definition) is 5. The molecule has 1 aliphatic carbocycles. The number of aromatic amines is 2. The van der Waals surface area contributed by atoms with Crippen molar-refractivity contribution < 1.29 is 13.2 Å². The highest BCUT2D eigenvalue weighted by atomic mass is 19.4. The Hall–Kier alpha value is -4.48. The number of pyridine rings is 1. The lowest BCUT2D eigenvalue weighted by atomic mass is 10.0. The van der Waals surface area contributed by atoms with Gasteiger partial charge in [0.05, 0.1) is 16.8 Å². The zero-order chi connectivity index (χ0) is 25.2. The maximum absolute atomic E-state index is 13.1. The van der Waals surface area contributed by atoms with Crippen molar-refractivity contribution in [2.24, 2.45) is 0 Å². The number of hydrogen-bond donors (Lipinski definition) is 2. The Morgan fingerprint density at radius 2 is 1.86 bits per heavy atom. The third kappa shape index (κ3) is 3.80. The van der Waals surface area contributed by atoms with E-state index < -0.39 is 29.5 Å². The lowest BCUT2D eigenvalue weighted by Gasteiger charge is -2.13. The Morgan fingerprint density at radius 1 is 1.06 bits per heavy atom. The number of benzene rings is 1. The number of alkyl halides is 3. The fourth-order valence-corrected chi connectivity index (χ4v) is 4.73. The molecule has 1 unspecified atom stereocenters. The summed E-state index contributed by atoms with van der Waals surface area (Å²) in [6, 6.07) is 9.62. The fourth-order valence-electron chi connectivity index (χ4n) is 4.73. The van der Waals surface area contributed by atoms with Crippen molar-refractivity contribution in [3.8, 4) is 11.3 Å². The summed E-state index contributed by atoms with van der Waals surface area (Å²) < 4.78 is 41.7. The van der Waals surface area contributed by atoms with Crippen LogP contribution >= 0.6 is 0 Å². The number of nitrogens with zero attached hydrogens (tertiary/aromatic N) is 4. The molecule has 1 fully saturated rings. The summed E-state index contributed by atoms with van der Waals surface area (Å²) in [5.41, 5.74) is 1.05. The quantitative estimate of drug-likeness (QED) is 0.398. The topological polar surface area (TPSA) is 118 Å². The van der Waals surface area contributed by atoms with Gasteiger partial charge in [-0.25, -0.2) is 14.3 Å². The van der Waals surface area contributed by atoms with Gasteiger partial charge in [-0.05, 0) is 47.4 Å². The molecule has 1 aromatic carbocycles. The number of halogens is 3. The molecule has 2 N–H and O–H groups in total. The molecule has 0 aliphatic heterocycles. The average molecular weight is 494 g/mol. The van der Waals surface area contributed by atoms with E-state index in [-0.39, 0.29) is 22.9 Å². The van der Waals surface area contributed by atoms with E-state index in [1.807, 2.05) is 6.07 Å². The zero-order valence-electron chi connectivity index (χ0n) is 18.4. The van der Waals surface area contributed by atoms with Crippen LogP contribution in [0.3, 0.4) is 0 Å². The second-order valence-electron chi connectivity index (χ2n) is 8.81. The molecule has 4 aromatic heterocycles. The summed E-state index contributed by atoms with van der Waals surface area (Å²) >= 11 is 0. The Morgan fingerprint density at radius 3 is 2.64 bits per heavy atom. The van der Waals surface area contributed by atoms with Gasteiger partial charge in [-0.15, -0.1) is 0 Å². The summed E-state index contributed by atoms with van der Waals surface area (Å²) in [6.45, 7) is -1.36. The van der Waals surface area contributed by atoms with Gasteiger partial charge in [0.1, 0.15) is 6.54 Å². The van der Waals surface area contributed by atoms with Gasteiger partial charge in [0.25, 0.3) is 11.1 Å². The van der Waals surface area contributed by atoms with Gasteiger partial charge in [0, 0.05) is 30.2 Å². The maximum Gasteiger partial charge on any atom is 0.406 e. The van der Waals surface area contributed by atoms with E-state index in [1.54, 1.807) is 35.1 Å². The minimum atomic E-state index is -4.53. The SMILES string of the molecule is O=c1[nH]cc(-c2cc(C3C[C@@H]3c3ccc4ccc(=O)n(CC(F)(F)F)c4c3)c3nccn3n2)c(=O)[nH]1. The van der Waals surface area contributed by atoms with E-state index in [0.717, 1.165) is 21.8 Å². The lowest BCUT2D eigenvalue weighted by molar-refractivity contribution is -0.140. The third-order valence-corrected chi connectivity index (χ3v) is 6.46. The van der Waals surface area contributed by atoms with E-state index in [2.05, 4.69) is 20.1 Å². The molecular formula is C24H17F3N6O3. The van der Waals surface area contributed by atoms with Crippen LogP contribution < -0.4 is 16.8 Å². The molecule has 1 saturated carbocycles. The average Bonchev–Trinajstić information content (AvgIpc) is 3.47. The maximum atomic E-state index is 13.1. The zero-order valence-corrected chi connectivity index (χ0v) is 18.4. The number of fused-ring (bicyclic) bond motifs is 2. The molecule has 0 saturated heterocycles. The first-order valence-corrected chi connectivity index (χ1v) is 11.0. The van der Waals surface area contributed by atoms with Crippen molar-refractivity contribution in [1.82, 2.24) is 29.1 Å². The number of H-pyrrole nitrogens is 2. The van der Waals surface area contributed by atoms with Crippen LogP contribution in [0.2, 0.25) is 0 Å². The van der Waals surface area contributed by atoms with Gasteiger partial charge in [-0.3, -0.25) is 19.1 Å². The van der Waals surface area contributed by atoms with Crippen molar-refractivity contribution in [3.63, 3.8) is 0 Å². The lowest BCUT2D eigenvalue weighted by Crippen LogP contribution is -2.27. The van der Waals surface area contributed by atoms with E-state index in [0.29, 0.717) is 23.1 Å². The standard InChI is InChI=1S/C24H17F3N6O3/c25-24(26,27)11-32-19-7-13(2-1-12(19)3-4-20(32)34)14-8-15(14)16-9-18(31-33-6-5-28-21(16)33)17-10-29-23(36)30-22(17)35/h1-7,9-10,14-15H,8,11H2,(H2,29,30,35,36)/t14-,15?/m1/s1. The summed E-state index contributed by atoms with van der Waals surface area (Å²) in [4.78, 5) is 45.0. The second-order valence-corrected chi connectivity index (χ2v) is 8.81.